The molecule has 2 N–H and O–H groups in total. The predicted molar refractivity (Wildman–Crippen MR) is 158 cm³/mol. The maximum atomic E-state index is 11.0. The van der Waals surface area contributed by atoms with Crippen LogP contribution in [0.1, 0.15) is 64.5 Å². The molecule has 208 valence electrons. The van der Waals surface area contributed by atoms with E-state index in [9.17, 15) is 4.79 Å². The number of nitrogens with zero attached hydrogens (tertiary/aromatic N) is 1. The third-order valence-corrected chi connectivity index (χ3v) is 4.93. The number of carboxylic acid groups (broad SMARTS) is 1. The molecule has 0 atom stereocenters. The summed E-state index contributed by atoms with van der Waals surface area (Å²) in [5, 5.41) is 16.1. The molecule has 0 radical (unpaired) electrons. The van der Waals surface area contributed by atoms with E-state index >= 15 is 0 Å². The molecule has 0 aliphatic heterocycles. The van der Waals surface area contributed by atoms with Gasteiger partial charge in [0.1, 0.15) is 18.1 Å². The molecule has 38 heavy (non-hydrogen) atoms. The van der Waals surface area contributed by atoms with Crippen molar-refractivity contribution >= 4 is 12.2 Å². The Kier molecular flexibility index (Phi) is 20.4. The van der Waals surface area contributed by atoms with Crippen LogP contribution in [0, 0.1) is 0 Å². The zero-order valence-corrected chi connectivity index (χ0v) is 23.7. The molecule has 6 heteroatoms. The fraction of sp³-hybridized carbons (Fsp3) is 0.375. The first-order valence-electron chi connectivity index (χ1n) is 13.2. The van der Waals surface area contributed by atoms with Crippen LogP contribution < -0.4 is 9.47 Å². The van der Waals surface area contributed by atoms with Gasteiger partial charge in [-0.15, -0.1) is 0 Å². The van der Waals surface area contributed by atoms with Gasteiger partial charge in [0, 0.05) is 37.9 Å². The second-order valence-corrected chi connectivity index (χ2v) is 7.78. The average Bonchev–Trinajstić information content (AvgIpc) is 2.95. The summed E-state index contributed by atoms with van der Waals surface area (Å²) < 4.78 is 11.9. The molecule has 0 bridgehead atoms. The summed E-state index contributed by atoms with van der Waals surface area (Å²) in [6.07, 6.45) is 11.1. The normalized spacial score (nSPS) is 10.8. The number of ether oxygens (including phenoxy) is 2. The van der Waals surface area contributed by atoms with Gasteiger partial charge in [-0.05, 0) is 42.0 Å². The zero-order chi connectivity index (χ0) is 28.6. The van der Waals surface area contributed by atoms with Gasteiger partial charge in [-0.1, -0.05) is 88.9 Å². The minimum absolute atomic E-state index is 0.0433. The number of rotatable bonds is 15. The highest BCUT2D eigenvalue weighted by molar-refractivity contribution is 5.82. The fourth-order valence-corrected chi connectivity index (χ4v) is 3.11. The largest absolute Gasteiger partial charge is 0.493 e. The van der Waals surface area contributed by atoms with Gasteiger partial charge in [-0.2, -0.15) is 0 Å². The molecule has 0 aliphatic carbocycles. The average molecular weight is 524 g/mol. The molecular weight excluding hydrogens is 478 g/mol. The molecule has 0 saturated heterocycles. The van der Waals surface area contributed by atoms with Gasteiger partial charge in [0.25, 0.3) is 0 Å². The van der Waals surface area contributed by atoms with Crippen LogP contribution >= 0.6 is 0 Å². The van der Waals surface area contributed by atoms with Crippen LogP contribution in [0.2, 0.25) is 0 Å². The van der Waals surface area contributed by atoms with E-state index in [1.54, 1.807) is 0 Å². The molecular formula is C32H45NO5. The number of hydrogen-bond donors (Lipinski definition) is 2. The molecule has 0 aromatic heterocycles. The Morgan fingerprint density at radius 3 is 2.34 bits per heavy atom. The summed E-state index contributed by atoms with van der Waals surface area (Å²) in [7, 11) is 1.00. The molecule has 0 spiro atoms. The first kappa shape index (κ1) is 34.4. The van der Waals surface area contributed by atoms with E-state index in [0.29, 0.717) is 37.6 Å². The molecule has 0 amide bonds. The van der Waals surface area contributed by atoms with E-state index in [-0.39, 0.29) is 6.42 Å². The Morgan fingerprint density at radius 2 is 1.71 bits per heavy atom. The highest BCUT2D eigenvalue weighted by Gasteiger charge is 2.09. The standard InChI is InChI=1S/C29H35NO4.C2H6.CH4O/c1-4-6-11-24(10-5-2)21-30-23(3)18-19-33-27-16-14-26(15-17-29(31)32)28(20-27)34-22-25-12-8-7-9-13-25;2*1-2/h6-14,16,20-21H,3-5,15,17-19,22H2,1-2H3,(H,31,32);1-2H3;2H,1H3/b11-6-,24-10+,30-21?;;. The molecule has 2 rings (SSSR count). The smallest absolute Gasteiger partial charge is 0.303 e. The van der Waals surface area contributed by atoms with Crippen molar-refractivity contribution in [1.82, 2.24) is 0 Å². The van der Waals surface area contributed by atoms with Gasteiger partial charge < -0.3 is 19.7 Å². The van der Waals surface area contributed by atoms with Crippen LogP contribution in [-0.4, -0.2) is 36.1 Å². The lowest BCUT2D eigenvalue weighted by atomic mass is 10.1. The highest BCUT2D eigenvalue weighted by Crippen LogP contribution is 2.27. The number of aliphatic hydroxyl groups is 1. The van der Waals surface area contributed by atoms with E-state index in [0.717, 1.165) is 42.3 Å². The third-order valence-electron chi connectivity index (χ3n) is 4.93. The van der Waals surface area contributed by atoms with Crippen LogP contribution in [0.3, 0.4) is 0 Å². The SMILES string of the molecule is C=C(CCOc1ccc(CCC(=O)O)c(OCc2ccccc2)c1)N=CC(/C=C\CC)=C/CC.CC.CO. The summed E-state index contributed by atoms with van der Waals surface area (Å²) in [4.78, 5) is 15.5. The number of carboxylic acids is 1. The number of allylic oxidation sites excluding steroid dienone is 4. The number of benzene rings is 2. The van der Waals surface area contributed by atoms with Crippen molar-refractivity contribution in [2.45, 2.75) is 66.4 Å². The topological polar surface area (TPSA) is 88.4 Å². The first-order chi connectivity index (χ1) is 18.5. The number of aliphatic carboxylic acids is 1. The van der Waals surface area contributed by atoms with Crippen molar-refractivity contribution < 1.29 is 24.5 Å². The minimum Gasteiger partial charge on any atom is -0.493 e. The highest BCUT2D eigenvalue weighted by atomic mass is 16.5. The first-order valence-corrected chi connectivity index (χ1v) is 13.2. The molecule has 2 aromatic carbocycles. The third kappa shape index (κ3) is 15.5. The molecule has 6 nitrogen and oxygen atoms in total. The van der Waals surface area contributed by atoms with E-state index in [1.807, 2.05) is 68.6 Å². The predicted octanol–water partition coefficient (Wildman–Crippen LogP) is 7.57. The van der Waals surface area contributed by atoms with E-state index in [1.165, 1.54) is 0 Å². The van der Waals surface area contributed by atoms with Gasteiger partial charge in [-0.25, -0.2) is 0 Å². The Bertz CT molecular complexity index is 1010. The maximum absolute atomic E-state index is 11.0. The van der Waals surface area contributed by atoms with E-state index in [4.69, 9.17) is 19.7 Å². The molecule has 0 fully saturated rings. The van der Waals surface area contributed by atoms with Crippen molar-refractivity contribution in [3.8, 4) is 11.5 Å². The number of aliphatic hydroxyl groups excluding tert-OH is 1. The molecule has 0 saturated carbocycles. The van der Waals surface area contributed by atoms with Crippen LogP contribution in [0.5, 0.6) is 11.5 Å². The maximum Gasteiger partial charge on any atom is 0.303 e. The Balaban J connectivity index is 0.00000326. The summed E-state index contributed by atoms with van der Waals surface area (Å²) >= 11 is 0. The fourth-order valence-electron chi connectivity index (χ4n) is 3.11. The van der Waals surface area contributed by atoms with Gasteiger partial charge in [-0.3, -0.25) is 9.79 Å². The summed E-state index contributed by atoms with van der Waals surface area (Å²) in [6, 6.07) is 15.4. The summed E-state index contributed by atoms with van der Waals surface area (Å²) in [5.41, 5.74) is 3.70. The van der Waals surface area contributed by atoms with Gasteiger partial charge in [0.15, 0.2) is 0 Å². The van der Waals surface area contributed by atoms with Crippen LogP contribution in [0.4, 0.5) is 0 Å². The van der Waals surface area contributed by atoms with E-state index < -0.39 is 5.97 Å². The second-order valence-electron chi connectivity index (χ2n) is 7.78. The van der Waals surface area contributed by atoms with Gasteiger partial charge in [0.05, 0.1) is 6.61 Å². The Morgan fingerprint density at radius 1 is 1.00 bits per heavy atom. The van der Waals surface area contributed by atoms with Gasteiger partial charge >= 0.3 is 5.97 Å². The van der Waals surface area contributed by atoms with Crippen LogP contribution in [-0.2, 0) is 17.8 Å². The van der Waals surface area contributed by atoms with Crippen molar-refractivity contribution in [3.05, 3.63) is 95.7 Å². The molecule has 0 unspecified atom stereocenters. The molecule has 2 aromatic rings. The van der Waals surface area contributed by atoms with E-state index in [2.05, 4.69) is 43.6 Å². The lowest BCUT2D eigenvalue weighted by Gasteiger charge is -2.14. The number of hydrogen-bond acceptors (Lipinski definition) is 5. The summed E-state index contributed by atoms with van der Waals surface area (Å²) in [5.74, 6) is 0.461. The molecule has 0 heterocycles. The number of carbonyl (C=O) groups is 1. The van der Waals surface area contributed by atoms with Crippen LogP contribution in [0.15, 0.2) is 89.6 Å². The lowest BCUT2D eigenvalue weighted by Crippen LogP contribution is -2.03. The monoisotopic (exact) mass is 523 g/mol. The number of aliphatic imine (C=N–C) groups is 1. The Labute approximate surface area is 229 Å². The quantitative estimate of drug-likeness (QED) is 0.186. The van der Waals surface area contributed by atoms with Crippen molar-refractivity contribution in [2.24, 2.45) is 4.99 Å². The van der Waals surface area contributed by atoms with Crippen molar-refractivity contribution in [3.63, 3.8) is 0 Å². The lowest BCUT2D eigenvalue weighted by molar-refractivity contribution is -0.136. The van der Waals surface area contributed by atoms with Crippen LogP contribution in [0.25, 0.3) is 0 Å². The molecule has 0 aliphatic rings. The van der Waals surface area contributed by atoms with Gasteiger partial charge in [0.2, 0.25) is 0 Å². The Hall–Kier alpha value is -3.64. The zero-order valence-electron chi connectivity index (χ0n) is 23.7. The summed E-state index contributed by atoms with van der Waals surface area (Å²) in [6.45, 7) is 13.1. The van der Waals surface area contributed by atoms with Crippen molar-refractivity contribution in [2.75, 3.05) is 13.7 Å². The van der Waals surface area contributed by atoms with Crippen molar-refractivity contribution in [1.29, 1.82) is 0 Å². The number of aryl methyl sites for hydroxylation is 1. The minimum atomic E-state index is -0.837. The second kappa shape index (κ2) is 22.5.